The fourth-order valence-corrected chi connectivity index (χ4v) is 0.294. The molecule has 0 unspecified atom stereocenters. The van der Waals surface area contributed by atoms with Gasteiger partial charge in [-0.05, 0) is 6.92 Å². The lowest BCUT2D eigenvalue weighted by Gasteiger charge is -2.06. The molecule has 0 aliphatic rings. The van der Waals surface area contributed by atoms with Gasteiger partial charge in [0.2, 0.25) is 0 Å². The van der Waals surface area contributed by atoms with Crippen molar-refractivity contribution in [2.75, 3.05) is 6.61 Å². The third kappa shape index (κ3) is 2.76. The normalized spacial score (nSPS) is 8.67. The van der Waals surface area contributed by atoms with Gasteiger partial charge in [0.05, 0.1) is 11.9 Å². The van der Waals surface area contributed by atoms with Gasteiger partial charge in [-0.15, -0.1) is 4.91 Å². The number of nitroso groups, excluding NO2 is 1. The van der Waals surface area contributed by atoms with E-state index in [1.807, 2.05) is 0 Å². The van der Waals surface area contributed by atoms with E-state index in [-0.39, 0.29) is 6.61 Å². The number of hydroxylamine groups is 1. The Morgan fingerprint density at radius 3 is 2.44 bits per heavy atom. The highest BCUT2D eigenvalue weighted by molar-refractivity contribution is 5.71. The molecule has 0 saturated heterocycles. The van der Waals surface area contributed by atoms with Crippen LogP contribution in [0.5, 0.6) is 0 Å². The SMILES string of the molecule is CCON(N=O)C(C)=O. The fourth-order valence-electron chi connectivity index (χ4n) is 0.294. The zero-order chi connectivity index (χ0) is 7.28. The van der Waals surface area contributed by atoms with Gasteiger partial charge in [0.25, 0.3) is 5.91 Å². The molecule has 0 heterocycles. The Bertz CT molecular complexity index is 114. The predicted molar refractivity (Wildman–Crippen MR) is 29.9 cm³/mol. The zero-order valence-electron chi connectivity index (χ0n) is 5.33. The van der Waals surface area contributed by atoms with Crippen molar-refractivity contribution in [2.24, 2.45) is 5.29 Å². The van der Waals surface area contributed by atoms with Crippen LogP contribution < -0.4 is 0 Å². The minimum absolute atomic E-state index is 0.255. The molecule has 0 saturated carbocycles. The summed E-state index contributed by atoms with van der Waals surface area (Å²) in [5.74, 6) is -0.521. The molecule has 0 aliphatic carbocycles. The Balaban J connectivity index is 3.68. The van der Waals surface area contributed by atoms with Crippen LogP contribution in [0.3, 0.4) is 0 Å². The van der Waals surface area contributed by atoms with Gasteiger partial charge >= 0.3 is 0 Å². The standard InChI is InChI=1S/C4H8N2O3/c1-3-9-6(5-8)4(2)7/h3H2,1-2H3. The zero-order valence-corrected chi connectivity index (χ0v) is 5.33. The van der Waals surface area contributed by atoms with Crippen LogP contribution in [-0.2, 0) is 9.63 Å². The van der Waals surface area contributed by atoms with E-state index in [2.05, 4.69) is 10.1 Å². The topological polar surface area (TPSA) is 59.0 Å². The molecule has 0 atom stereocenters. The van der Waals surface area contributed by atoms with Crippen molar-refractivity contribution in [3.8, 4) is 0 Å². The first kappa shape index (κ1) is 8.03. The Kier molecular flexibility index (Phi) is 3.54. The summed E-state index contributed by atoms with van der Waals surface area (Å²) in [4.78, 5) is 24.4. The largest absolute Gasteiger partial charge is 0.271 e. The summed E-state index contributed by atoms with van der Waals surface area (Å²) >= 11 is 0. The van der Waals surface area contributed by atoms with E-state index in [9.17, 15) is 9.70 Å². The minimum atomic E-state index is -0.521. The van der Waals surface area contributed by atoms with Crippen molar-refractivity contribution in [3.63, 3.8) is 0 Å². The van der Waals surface area contributed by atoms with Gasteiger partial charge in [-0.1, -0.05) is 5.17 Å². The number of amides is 1. The third-order valence-electron chi connectivity index (χ3n) is 0.595. The van der Waals surface area contributed by atoms with E-state index >= 15 is 0 Å². The molecular formula is C4H8N2O3. The molecule has 0 bridgehead atoms. The Morgan fingerprint density at radius 2 is 2.33 bits per heavy atom. The molecule has 5 heteroatoms. The molecule has 0 aliphatic heterocycles. The first-order chi connectivity index (χ1) is 4.22. The lowest BCUT2D eigenvalue weighted by atomic mass is 10.7. The van der Waals surface area contributed by atoms with Gasteiger partial charge in [-0.3, -0.25) is 4.79 Å². The van der Waals surface area contributed by atoms with E-state index in [1.165, 1.54) is 6.92 Å². The van der Waals surface area contributed by atoms with E-state index in [0.717, 1.165) is 0 Å². The van der Waals surface area contributed by atoms with Crippen molar-refractivity contribution in [2.45, 2.75) is 13.8 Å². The van der Waals surface area contributed by atoms with E-state index in [4.69, 9.17) is 0 Å². The monoisotopic (exact) mass is 132 g/mol. The van der Waals surface area contributed by atoms with E-state index in [1.54, 1.807) is 6.92 Å². The van der Waals surface area contributed by atoms with Crippen LogP contribution in [-0.4, -0.2) is 17.7 Å². The van der Waals surface area contributed by atoms with Gasteiger partial charge < -0.3 is 0 Å². The first-order valence-electron chi connectivity index (χ1n) is 2.49. The van der Waals surface area contributed by atoms with Gasteiger partial charge in [-0.2, -0.15) is 0 Å². The highest BCUT2D eigenvalue weighted by atomic mass is 16.7. The molecule has 0 aromatic carbocycles. The maximum Gasteiger partial charge on any atom is 0.269 e. The molecule has 0 spiro atoms. The molecular weight excluding hydrogens is 124 g/mol. The van der Waals surface area contributed by atoms with Crippen molar-refractivity contribution in [3.05, 3.63) is 4.91 Å². The summed E-state index contributed by atoms with van der Waals surface area (Å²) in [5.41, 5.74) is 0. The third-order valence-corrected chi connectivity index (χ3v) is 0.595. The first-order valence-corrected chi connectivity index (χ1v) is 2.49. The van der Waals surface area contributed by atoms with Gasteiger partial charge in [0, 0.05) is 6.92 Å². The number of hydrogen-bond acceptors (Lipinski definition) is 4. The predicted octanol–water partition coefficient (Wildman–Crippen LogP) is 0.468. The van der Waals surface area contributed by atoms with Crippen molar-refractivity contribution in [1.29, 1.82) is 0 Å². The van der Waals surface area contributed by atoms with Gasteiger partial charge in [-0.25, -0.2) is 4.84 Å². The molecule has 0 N–H and O–H groups in total. The Morgan fingerprint density at radius 1 is 1.78 bits per heavy atom. The Labute approximate surface area is 52.5 Å². The average molecular weight is 132 g/mol. The summed E-state index contributed by atoms with van der Waals surface area (Å²) in [6.07, 6.45) is 0. The number of rotatable bonds is 3. The molecule has 52 valence electrons. The lowest BCUT2D eigenvalue weighted by Crippen LogP contribution is -2.22. The maximum absolute atomic E-state index is 10.3. The van der Waals surface area contributed by atoms with Crippen LogP contribution in [0.4, 0.5) is 0 Å². The Hall–Kier alpha value is -0.970. The second kappa shape index (κ2) is 3.96. The number of carbonyl (C=O) groups is 1. The quantitative estimate of drug-likeness (QED) is 0.414. The molecule has 0 rings (SSSR count). The van der Waals surface area contributed by atoms with E-state index in [0.29, 0.717) is 5.17 Å². The second-order valence-electron chi connectivity index (χ2n) is 1.29. The summed E-state index contributed by atoms with van der Waals surface area (Å²) in [6, 6.07) is 0. The van der Waals surface area contributed by atoms with Crippen LogP contribution in [0, 0.1) is 4.91 Å². The van der Waals surface area contributed by atoms with Crippen LogP contribution in [0.2, 0.25) is 0 Å². The summed E-state index contributed by atoms with van der Waals surface area (Å²) in [5, 5.41) is 2.69. The molecule has 0 aromatic heterocycles. The number of nitrogens with zero attached hydrogens (tertiary/aromatic N) is 2. The van der Waals surface area contributed by atoms with Gasteiger partial charge in [0.1, 0.15) is 0 Å². The summed E-state index contributed by atoms with van der Waals surface area (Å²) in [7, 11) is 0. The van der Waals surface area contributed by atoms with Gasteiger partial charge in [0.15, 0.2) is 0 Å². The second-order valence-corrected chi connectivity index (χ2v) is 1.29. The van der Waals surface area contributed by atoms with Crippen molar-refractivity contribution >= 4 is 5.91 Å². The van der Waals surface area contributed by atoms with Crippen LogP contribution in [0.1, 0.15) is 13.8 Å². The summed E-state index contributed by atoms with van der Waals surface area (Å²) in [6.45, 7) is 3.10. The van der Waals surface area contributed by atoms with Crippen LogP contribution >= 0.6 is 0 Å². The smallest absolute Gasteiger partial charge is 0.269 e. The number of carbonyl (C=O) groups excluding carboxylic acids is 1. The highest BCUT2D eigenvalue weighted by Crippen LogP contribution is 1.89. The highest BCUT2D eigenvalue weighted by Gasteiger charge is 2.06. The summed E-state index contributed by atoms with van der Waals surface area (Å²) < 4.78 is 0. The molecule has 0 fully saturated rings. The fraction of sp³-hybridized carbons (Fsp3) is 0.750. The molecule has 1 amide bonds. The van der Waals surface area contributed by atoms with Crippen LogP contribution in [0.15, 0.2) is 5.29 Å². The molecule has 0 aromatic rings. The molecule has 9 heavy (non-hydrogen) atoms. The lowest BCUT2D eigenvalue weighted by molar-refractivity contribution is -0.183. The minimum Gasteiger partial charge on any atom is -0.271 e. The van der Waals surface area contributed by atoms with E-state index < -0.39 is 5.91 Å². The van der Waals surface area contributed by atoms with Crippen molar-refractivity contribution in [1.82, 2.24) is 5.17 Å². The molecule has 0 radical (unpaired) electrons. The number of hydrogen-bond donors (Lipinski definition) is 0. The molecule has 5 nitrogen and oxygen atoms in total. The maximum atomic E-state index is 10.3. The average Bonchev–Trinajstić information content (AvgIpc) is 1.82. The van der Waals surface area contributed by atoms with Crippen LogP contribution in [0.25, 0.3) is 0 Å². The van der Waals surface area contributed by atoms with Crippen molar-refractivity contribution < 1.29 is 9.63 Å².